The first-order valence-electron chi connectivity index (χ1n) is 3.81. The minimum Gasteiger partial charge on any atom is -0.370 e. The number of carbonyl (C=O) groups is 1. The molecular weight excluding hydrogens is 150 g/mol. The first-order valence-corrected chi connectivity index (χ1v) is 3.81. The van der Waals surface area contributed by atoms with Gasteiger partial charge in [-0.15, -0.1) is 0 Å². The summed E-state index contributed by atoms with van der Waals surface area (Å²) in [6.07, 6.45) is 0. The summed E-state index contributed by atoms with van der Waals surface area (Å²) in [7, 11) is 0. The number of rotatable bonds is 0. The molecule has 0 fully saturated rings. The van der Waals surface area contributed by atoms with E-state index >= 15 is 0 Å². The van der Waals surface area contributed by atoms with Gasteiger partial charge >= 0.3 is 0 Å². The van der Waals surface area contributed by atoms with Crippen molar-refractivity contribution in [3.63, 3.8) is 0 Å². The number of primary amides is 1. The van der Waals surface area contributed by atoms with Gasteiger partial charge < -0.3 is 5.73 Å². The number of benzene rings is 1. The predicted octanol–water partition coefficient (Wildman–Crippen LogP) is 1.80. The van der Waals surface area contributed by atoms with Crippen molar-refractivity contribution < 1.29 is 4.79 Å². The lowest BCUT2D eigenvalue weighted by Gasteiger charge is -1.90. The summed E-state index contributed by atoms with van der Waals surface area (Å²) in [4.78, 5) is 9.22. The Morgan fingerprint density at radius 3 is 1.42 bits per heavy atom. The Kier molecular flexibility index (Phi) is 4.77. The summed E-state index contributed by atoms with van der Waals surface area (Å²) >= 11 is 0. The predicted molar refractivity (Wildman–Crippen MR) is 50.8 cm³/mol. The largest absolute Gasteiger partial charge is 0.370 e. The third-order valence-corrected chi connectivity index (χ3v) is 1.22. The molecule has 0 atom stereocenters. The Hall–Kier alpha value is -1.31. The van der Waals surface area contributed by atoms with Crippen LogP contribution in [0.3, 0.4) is 0 Å². The maximum absolute atomic E-state index is 9.22. The molecule has 1 rings (SSSR count). The highest BCUT2D eigenvalue weighted by atomic mass is 16.1. The van der Waals surface area contributed by atoms with Crippen LogP contribution in [-0.2, 0) is 4.79 Å². The van der Waals surface area contributed by atoms with E-state index in [1.54, 1.807) is 0 Å². The van der Waals surface area contributed by atoms with E-state index in [0.29, 0.717) is 0 Å². The molecule has 1 amide bonds. The Balaban J connectivity index is 0.000000261. The first-order chi connectivity index (χ1) is 5.52. The molecule has 0 bridgehead atoms. The maximum atomic E-state index is 9.22. The van der Waals surface area contributed by atoms with Gasteiger partial charge in [-0.3, -0.25) is 4.79 Å². The summed E-state index contributed by atoms with van der Waals surface area (Å²) < 4.78 is 0. The second-order valence-electron chi connectivity index (χ2n) is 2.77. The van der Waals surface area contributed by atoms with E-state index in [1.165, 1.54) is 18.1 Å². The lowest BCUT2D eigenvalue weighted by atomic mass is 10.2. The fraction of sp³-hybridized carbons (Fsp3) is 0.300. The minimum atomic E-state index is -0.333. The van der Waals surface area contributed by atoms with Crippen LogP contribution in [0.25, 0.3) is 0 Å². The molecule has 0 spiro atoms. The molecule has 0 aliphatic heterocycles. The average Bonchev–Trinajstić information content (AvgIpc) is 1.94. The third-order valence-electron chi connectivity index (χ3n) is 1.22. The average molecular weight is 165 g/mol. The van der Waals surface area contributed by atoms with Crippen molar-refractivity contribution in [3.05, 3.63) is 35.4 Å². The van der Waals surface area contributed by atoms with E-state index in [2.05, 4.69) is 43.8 Å². The third kappa shape index (κ3) is 6.81. The molecule has 1 aromatic carbocycles. The van der Waals surface area contributed by atoms with Crippen LogP contribution in [-0.4, -0.2) is 5.91 Å². The van der Waals surface area contributed by atoms with Crippen LogP contribution < -0.4 is 5.73 Å². The van der Waals surface area contributed by atoms with E-state index in [0.717, 1.165) is 0 Å². The maximum Gasteiger partial charge on any atom is 0.214 e. The number of hydrogen-bond acceptors (Lipinski definition) is 1. The number of aryl methyl sites for hydroxylation is 2. The molecule has 0 aliphatic rings. The molecule has 2 heteroatoms. The van der Waals surface area contributed by atoms with Crippen LogP contribution in [0.5, 0.6) is 0 Å². The second kappa shape index (κ2) is 5.35. The zero-order valence-corrected chi connectivity index (χ0v) is 7.79. The quantitative estimate of drug-likeness (QED) is 0.625. The summed E-state index contributed by atoms with van der Waals surface area (Å²) in [5, 5.41) is 0. The van der Waals surface area contributed by atoms with Crippen molar-refractivity contribution in [3.8, 4) is 0 Å². The molecule has 66 valence electrons. The van der Waals surface area contributed by atoms with Gasteiger partial charge in [-0.25, -0.2) is 0 Å². The van der Waals surface area contributed by atoms with E-state index in [4.69, 9.17) is 0 Å². The molecule has 0 heterocycles. The van der Waals surface area contributed by atoms with Crippen LogP contribution in [0.1, 0.15) is 18.1 Å². The normalized spacial score (nSPS) is 8.25. The molecule has 2 nitrogen and oxygen atoms in total. The molecule has 12 heavy (non-hydrogen) atoms. The van der Waals surface area contributed by atoms with Gasteiger partial charge in [-0.1, -0.05) is 35.4 Å². The van der Waals surface area contributed by atoms with Gasteiger partial charge in [0.2, 0.25) is 5.91 Å². The zero-order valence-electron chi connectivity index (χ0n) is 7.79. The molecule has 0 saturated carbocycles. The van der Waals surface area contributed by atoms with E-state index in [9.17, 15) is 4.79 Å². The monoisotopic (exact) mass is 165 g/mol. The number of carbonyl (C=O) groups excluding carboxylic acids is 1. The number of hydrogen-bond donors (Lipinski definition) is 1. The standard InChI is InChI=1S/C8H10.C2H5NO/c1-7-3-5-8(2)6-4-7;1-2(3)4/h3-6H,1-2H3;1H3,(H2,3,4). The highest BCUT2D eigenvalue weighted by Gasteiger charge is 1.79. The molecule has 0 unspecified atom stereocenters. The highest BCUT2D eigenvalue weighted by molar-refractivity contribution is 5.70. The lowest BCUT2D eigenvalue weighted by Crippen LogP contribution is -2.01. The molecule has 1 aromatic rings. The summed E-state index contributed by atoms with van der Waals surface area (Å²) in [6.45, 7) is 5.50. The first kappa shape index (κ1) is 10.7. The van der Waals surface area contributed by atoms with Crippen molar-refractivity contribution in [2.24, 2.45) is 5.73 Å². The molecular formula is C10H15NO. The van der Waals surface area contributed by atoms with Crippen molar-refractivity contribution >= 4 is 5.91 Å². The fourth-order valence-electron chi connectivity index (χ4n) is 0.637. The topological polar surface area (TPSA) is 43.1 Å². The Bertz CT molecular complexity index is 214. The van der Waals surface area contributed by atoms with Crippen LogP contribution in [0, 0.1) is 13.8 Å². The lowest BCUT2D eigenvalue weighted by molar-refractivity contribution is -0.115. The molecule has 0 radical (unpaired) electrons. The van der Waals surface area contributed by atoms with E-state index < -0.39 is 0 Å². The van der Waals surface area contributed by atoms with Gasteiger partial charge in [-0.05, 0) is 13.8 Å². The van der Waals surface area contributed by atoms with Gasteiger partial charge in [0.25, 0.3) is 0 Å². The highest BCUT2D eigenvalue weighted by Crippen LogP contribution is 1.99. The van der Waals surface area contributed by atoms with Gasteiger partial charge in [-0.2, -0.15) is 0 Å². The van der Waals surface area contributed by atoms with Gasteiger partial charge in [0.15, 0.2) is 0 Å². The van der Waals surface area contributed by atoms with Gasteiger partial charge in [0.1, 0.15) is 0 Å². The Morgan fingerprint density at radius 1 is 1.08 bits per heavy atom. The smallest absolute Gasteiger partial charge is 0.214 e. The van der Waals surface area contributed by atoms with Crippen molar-refractivity contribution in [2.45, 2.75) is 20.8 Å². The van der Waals surface area contributed by atoms with E-state index in [-0.39, 0.29) is 5.91 Å². The molecule has 2 N–H and O–H groups in total. The van der Waals surface area contributed by atoms with Crippen LogP contribution >= 0.6 is 0 Å². The van der Waals surface area contributed by atoms with Crippen LogP contribution in [0.2, 0.25) is 0 Å². The Labute approximate surface area is 73.4 Å². The summed E-state index contributed by atoms with van der Waals surface area (Å²) in [5.41, 5.74) is 7.13. The van der Waals surface area contributed by atoms with Crippen molar-refractivity contribution in [2.75, 3.05) is 0 Å². The van der Waals surface area contributed by atoms with Gasteiger partial charge in [0, 0.05) is 6.92 Å². The van der Waals surface area contributed by atoms with Crippen LogP contribution in [0.4, 0.5) is 0 Å². The number of amides is 1. The Morgan fingerprint density at radius 2 is 1.25 bits per heavy atom. The number of nitrogens with two attached hydrogens (primary N) is 1. The molecule has 0 saturated heterocycles. The SMILES string of the molecule is CC(N)=O.Cc1ccc(C)cc1. The van der Waals surface area contributed by atoms with Crippen molar-refractivity contribution in [1.82, 2.24) is 0 Å². The molecule has 0 aromatic heterocycles. The van der Waals surface area contributed by atoms with Crippen molar-refractivity contribution in [1.29, 1.82) is 0 Å². The zero-order chi connectivity index (χ0) is 9.56. The summed E-state index contributed by atoms with van der Waals surface area (Å²) in [5.74, 6) is -0.333. The van der Waals surface area contributed by atoms with E-state index in [1.807, 2.05) is 0 Å². The van der Waals surface area contributed by atoms with Crippen LogP contribution in [0.15, 0.2) is 24.3 Å². The fourth-order valence-corrected chi connectivity index (χ4v) is 0.637. The van der Waals surface area contributed by atoms with Gasteiger partial charge in [0.05, 0.1) is 0 Å². The summed E-state index contributed by atoms with van der Waals surface area (Å²) in [6, 6.07) is 8.48. The molecule has 0 aliphatic carbocycles. The second-order valence-corrected chi connectivity index (χ2v) is 2.77. The minimum absolute atomic E-state index is 0.333.